The van der Waals surface area contributed by atoms with Gasteiger partial charge in [-0.15, -0.1) is 5.10 Å². The van der Waals surface area contributed by atoms with E-state index in [9.17, 15) is 14.7 Å². The number of carbonyl (C=O) groups is 2. The number of likely N-dealkylation sites (tertiary alicyclic amines) is 1. The number of aliphatic hydroxyl groups is 1. The van der Waals surface area contributed by atoms with Crippen LogP contribution in [0.25, 0.3) is 0 Å². The van der Waals surface area contributed by atoms with Gasteiger partial charge in [-0.2, -0.15) is 4.98 Å². The van der Waals surface area contributed by atoms with Crippen molar-refractivity contribution in [3.8, 4) is 6.01 Å². The lowest BCUT2D eigenvalue weighted by Crippen LogP contribution is -2.65. The van der Waals surface area contributed by atoms with Crippen LogP contribution in [0.15, 0.2) is 0 Å². The average molecular weight is 381 g/mol. The van der Waals surface area contributed by atoms with Gasteiger partial charge in [0.15, 0.2) is 0 Å². The first-order chi connectivity index (χ1) is 12.7. The van der Waals surface area contributed by atoms with Crippen molar-refractivity contribution >= 4 is 11.8 Å². The van der Waals surface area contributed by atoms with Crippen LogP contribution in [0.1, 0.15) is 43.7 Å². The Bertz CT molecular complexity index is 727. The lowest BCUT2D eigenvalue weighted by molar-refractivity contribution is -0.179. The van der Waals surface area contributed by atoms with Crippen molar-refractivity contribution in [3.05, 3.63) is 5.82 Å². The molecule has 2 atom stereocenters. The lowest BCUT2D eigenvalue weighted by atomic mass is 9.74. The molecular formula is C17H27N5O5. The zero-order chi connectivity index (χ0) is 19.8. The summed E-state index contributed by atoms with van der Waals surface area (Å²) in [6.07, 6.45) is 0.963. The van der Waals surface area contributed by atoms with Gasteiger partial charge in [0.1, 0.15) is 6.10 Å². The highest BCUT2D eigenvalue weighted by Crippen LogP contribution is 2.39. The molecular weight excluding hydrogens is 354 g/mol. The molecule has 2 amide bonds. The van der Waals surface area contributed by atoms with Gasteiger partial charge >= 0.3 is 6.01 Å². The molecule has 2 fully saturated rings. The number of amides is 2. The number of aryl methyl sites for hydroxylation is 1. The molecule has 2 saturated heterocycles. The van der Waals surface area contributed by atoms with E-state index in [1.807, 2.05) is 6.92 Å². The molecule has 0 aromatic carbocycles. The Hall–Kier alpha value is -2.20. The van der Waals surface area contributed by atoms with Gasteiger partial charge in [-0.1, -0.05) is 0 Å². The standard InChI is InChI=1S/C17H27N5O5/c1-11(23)19-16(2)10-17(27-9-12(16)24)5-7-22(8-6-17)14(25)13-18-15(26-4)21(3)20-13/h12,24H,5-10H2,1-4H3,(H,19,23)/t12-,16-/m1/s1. The van der Waals surface area contributed by atoms with Crippen LogP contribution in [0, 0.1) is 0 Å². The predicted molar refractivity (Wildman–Crippen MR) is 94.2 cm³/mol. The SMILES string of the molecule is COc1nc(C(=O)N2CCC3(CC2)C[C@@](C)(NC(C)=O)[C@H](O)CO3)nn1C. The van der Waals surface area contributed by atoms with Gasteiger partial charge in [-0.25, -0.2) is 4.68 Å². The Morgan fingerprint density at radius 3 is 2.59 bits per heavy atom. The third-order valence-corrected chi connectivity index (χ3v) is 5.49. The monoisotopic (exact) mass is 381 g/mol. The van der Waals surface area contributed by atoms with Crippen LogP contribution in [0.2, 0.25) is 0 Å². The van der Waals surface area contributed by atoms with Gasteiger partial charge in [0, 0.05) is 33.5 Å². The van der Waals surface area contributed by atoms with Crippen LogP contribution in [-0.4, -0.2) is 80.6 Å². The topological polar surface area (TPSA) is 119 Å². The number of hydrogen-bond acceptors (Lipinski definition) is 7. The van der Waals surface area contributed by atoms with Gasteiger partial charge in [-0.05, 0) is 19.8 Å². The molecule has 0 aliphatic carbocycles. The summed E-state index contributed by atoms with van der Waals surface area (Å²) in [5.41, 5.74) is -1.21. The molecule has 3 heterocycles. The number of rotatable bonds is 3. The molecule has 2 aliphatic rings. The third kappa shape index (κ3) is 3.77. The Morgan fingerprint density at radius 1 is 1.37 bits per heavy atom. The summed E-state index contributed by atoms with van der Waals surface area (Å²) in [4.78, 5) is 30.0. The molecule has 10 heteroatoms. The summed E-state index contributed by atoms with van der Waals surface area (Å²) in [6.45, 7) is 4.42. The summed E-state index contributed by atoms with van der Waals surface area (Å²) < 4.78 is 12.5. The van der Waals surface area contributed by atoms with E-state index in [1.165, 1.54) is 18.7 Å². The Kier molecular flexibility index (Phi) is 5.13. The summed E-state index contributed by atoms with van der Waals surface area (Å²) >= 11 is 0. The van der Waals surface area contributed by atoms with Crippen molar-refractivity contribution in [1.29, 1.82) is 0 Å². The quantitative estimate of drug-likeness (QED) is 0.723. The molecule has 2 N–H and O–H groups in total. The number of methoxy groups -OCH3 is 1. The second-order valence-corrected chi connectivity index (χ2v) is 7.62. The molecule has 1 spiro atoms. The summed E-state index contributed by atoms with van der Waals surface area (Å²) in [5.74, 6) is -0.325. The average Bonchev–Trinajstić information content (AvgIpc) is 2.99. The molecule has 0 saturated carbocycles. The van der Waals surface area contributed by atoms with E-state index in [1.54, 1.807) is 11.9 Å². The zero-order valence-electron chi connectivity index (χ0n) is 16.2. The smallest absolute Gasteiger partial charge is 0.314 e. The highest BCUT2D eigenvalue weighted by molar-refractivity contribution is 5.90. The van der Waals surface area contributed by atoms with Crippen LogP contribution in [-0.2, 0) is 16.6 Å². The fourth-order valence-electron chi connectivity index (χ4n) is 4.03. The van der Waals surface area contributed by atoms with Crippen LogP contribution < -0.4 is 10.1 Å². The van der Waals surface area contributed by atoms with E-state index in [0.29, 0.717) is 32.4 Å². The van der Waals surface area contributed by atoms with Gasteiger partial charge in [0.2, 0.25) is 11.7 Å². The highest BCUT2D eigenvalue weighted by atomic mass is 16.5. The fraction of sp³-hybridized carbons (Fsp3) is 0.765. The predicted octanol–water partition coefficient (Wildman–Crippen LogP) is -0.525. The number of hydrogen-bond donors (Lipinski definition) is 2. The second kappa shape index (κ2) is 7.08. The van der Waals surface area contributed by atoms with Crippen LogP contribution in [0.5, 0.6) is 6.01 Å². The molecule has 0 unspecified atom stereocenters. The number of nitrogens with zero attached hydrogens (tertiary/aromatic N) is 4. The zero-order valence-corrected chi connectivity index (χ0v) is 16.2. The lowest BCUT2D eigenvalue weighted by Gasteiger charge is -2.51. The first-order valence-corrected chi connectivity index (χ1v) is 9.03. The van der Waals surface area contributed by atoms with E-state index in [2.05, 4.69) is 15.4 Å². The van der Waals surface area contributed by atoms with E-state index < -0.39 is 17.2 Å². The molecule has 150 valence electrons. The van der Waals surface area contributed by atoms with Gasteiger partial charge < -0.3 is 24.8 Å². The molecule has 10 nitrogen and oxygen atoms in total. The molecule has 1 aromatic heterocycles. The number of aromatic nitrogens is 3. The fourth-order valence-corrected chi connectivity index (χ4v) is 4.03. The van der Waals surface area contributed by atoms with Crippen molar-refractivity contribution in [1.82, 2.24) is 25.0 Å². The van der Waals surface area contributed by atoms with E-state index in [4.69, 9.17) is 9.47 Å². The van der Waals surface area contributed by atoms with Crippen molar-refractivity contribution < 1.29 is 24.2 Å². The van der Waals surface area contributed by atoms with E-state index in [0.717, 1.165) is 0 Å². The first-order valence-electron chi connectivity index (χ1n) is 9.03. The maximum absolute atomic E-state index is 12.7. The van der Waals surface area contributed by atoms with Crippen molar-refractivity contribution in [2.45, 2.75) is 50.4 Å². The van der Waals surface area contributed by atoms with E-state index in [-0.39, 0.29) is 30.3 Å². The first kappa shape index (κ1) is 19.6. The molecule has 0 radical (unpaired) electrons. The van der Waals surface area contributed by atoms with Crippen molar-refractivity contribution in [2.75, 3.05) is 26.8 Å². The van der Waals surface area contributed by atoms with Gasteiger partial charge in [0.05, 0.1) is 24.9 Å². The van der Waals surface area contributed by atoms with E-state index >= 15 is 0 Å². The minimum absolute atomic E-state index is 0.105. The second-order valence-electron chi connectivity index (χ2n) is 7.62. The highest BCUT2D eigenvalue weighted by Gasteiger charge is 2.50. The van der Waals surface area contributed by atoms with Crippen molar-refractivity contribution in [3.63, 3.8) is 0 Å². The maximum atomic E-state index is 12.7. The third-order valence-electron chi connectivity index (χ3n) is 5.49. The number of ether oxygens (including phenoxy) is 2. The van der Waals surface area contributed by atoms with Crippen LogP contribution >= 0.6 is 0 Å². The summed E-state index contributed by atoms with van der Waals surface area (Å²) in [7, 11) is 3.14. The number of carbonyl (C=O) groups excluding carboxylic acids is 2. The number of piperidine rings is 1. The molecule has 27 heavy (non-hydrogen) atoms. The minimum Gasteiger partial charge on any atom is -0.467 e. The molecule has 1 aromatic rings. The molecule has 2 aliphatic heterocycles. The number of aliphatic hydroxyl groups excluding tert-OH is 1. The minimum atomic E-state index is -0.767. The Morgan fingerprint density at radius 2 is 2.04 bits per heavy atom. The summed E-state index contributed by atoms with van der Waals surface area (Å²) in [6, 6.07) is 0.280. The van der Waals surface area contributed by atoms with Crippen molar-refractivity contribution in [2.24, 2.45) is 7.05 Å². The van der Waals surface area contributed by atoms with Gasteiger partial charge in [0.25, 0.3) is 5.91 Å². The largest absolute Gasteiger partial charge is 0.467 e. The van der Waals surface area contributed by atoms with Crippen LogP contribution in [0.3, 0.4) is 0 Å². The normalized spacial score (nSPS) is 27.4. The summed E-state index contributed by atoms with van der Waals surface area (Å²) in [5, 5.41) is 17.3. The van der Waals surface area contributed by atoms with Gasteiger partial charge in [-0.3, -0.25) is 9.59 Å². The Labute approximate surface area is 157 Å². The van der Waals surface area contributed by atoms with Crippen LogP contribution in [0.4, 0.5) is 0 Å². The Balaban J connectivity index is 1.67. The maximum Gasteiger partial charge on any atom is 0.314 e. The molecule has 0 bridgehead atoms. The molecule has 3 rings (SSSR count). The number of nitrogens with one attached hydrogen (secondary N) is 1.